The van der Waals surface area contributed by atoms with Crippen molar-refractivity contribution in [1.29, 1.82) is 10.5 Å². The minimum atomic E-state index is 0.0911. The average Bonchev–Trinajstić information content (AvgIpc) is 2.54. The highest BCUT2D eigenvalue weighted by atomic mass is 16.6. The normalized spacial score (nSPS) is 10.3. The first-order valence-corrected chi connectivity index (χ1v) is 7.12. The molecule has 0 saturated carbocycles. The van der Waals surface area contributed by atoms with Crippen LogP contribution in [0.5, 0.6) is 0 Å². The van der Waals surface area contributed by atoms with Crippen LogP contribution in [0.1, 0.15) is 0 Å². The Morgan fingerprint density at radius 3 is 0.864 bits per heavy atom. The molecule has 126 valence electrons. The Morgan fingerprint density at radius 1 is 0.409 bits per heavy atom. The van der Waals surface area contributed by atoms with E-state index in [9.17, 15) is 0 Å². The summed E-state index contributed by atoms with van der Waals surface area (Å²) in [6, 6.07) is 3.76. The van der Waals surface area contributed by atoms with Crippen LogP contribution in [0.3, 0.4) is 0 Å². The van der Waals surface area contributed by atoms with E-state index in [0.717, 1.165) is 0 Å². The van der Waals surface area contributed by atoms with E-state index >= 15 is 0 Å². The fourth-order valence-electron chi connectivity index (χ4n) is 1.23. The zero-order valence-electron chi connectivity index (χ0n) is 12.8. The van der Waals surface area contributed by atoms with Crippen molar-refractivity contribution < 1.29 is 28.4 Å². The number of hydrogen-bond donors (Lipinski definition) is 0. The van der Waals surface area contributed by atoms with Crippen molar-refractivity contribution in [3.05, 3.63) is 0 Å². The van der Waals surface area contributed by atoms with Crippen molar-refractivity contribution in [3.63, 3.8) is 0 Å². The number of nitriles is 2. The molecule has 0 radical (unpaired) electrons. The summed E-state index contributed by atoms with van der Waals surface area (Å²) in [5, 5.41) is 16.5. The third kappa shape index (κ3) is 18.7. The molecule has 22 heavy (non-hydrogen) atoms. The first kappa shape index (κ1) is 20.7. The zero-order chi connectivity index (χ0) is 16.1. The summed E-state index contributed by atoms with van der Waals surface area (Å²) in [4.78, 5) is 0. The predicted octanol–water partition coefficient (Wildman–Crippen LogP) is 0.133. The Bertz CT molecular complexity index is 273. The molecule has 0 rings (SSSR count). The van der Waals surface area contributed by atoms with Crippen LogP contribution in [0.2, 0.25) is 0 Å². The molecule has 0 bridgehead atoms. The van der Waals surface area contributed by atoms with Gasteiger partial charge in [0.1, 0.15) is 13.2 Å². The average molecular weight is 316 g/mol. The SMILES string of the molecule is N#CCOCCOCCOCCOCCOCCOCC#N. The lowest BCUT2D eigenvalue weighted by molar-refractivity contribution is -0.0142. The molecule has 0 heterocycles. The first-order valence-electron chi connectivity index (χ1n) is 7.12. The van der Waals surface area contributed by atoms with Gasteiger partial charge in [-0.2, -0.15) is 10.5 Å². The molecule has 0 aromatic heterocycles. The fourth-order valence-corrected chi connectivity index (χ4v) is 1.23. The van der Waals surface area contributed by atoms with E-state index in [4.69, 9.17) is 38.9 Å². The summed E-state index contributed by atoms with van der Waals surface area (Å²) < 4.78 is 30.9. The van der Waals surface area contributed by atoms with Gasteiger partial charge in [0, 0.05) is 0 Å². The Hall–Kier alpha value is -1.26. The molecular weight excluding hydrogens is 292 g/mol. The molecule has 0 saturated heterocycles. The van der Waals surface area contributed by atoms with Gasteiger partial charge >= 0.3 is 0 Å². The molecule has 0 aromatic rings. The molecule has 0 fully saturated rings. The van der Waals surface area contributed by atoms with E-state index in [0.29, 0.717) is 66.1 Å². The second-order valence-electron chi connectivity index (χ2n) is 3.87. The smallest absolute Gasteiger partial charge is 0.133 e. The fraction of sp³-hybridized carbons (Fsp3) is 0.857. The van der Waals surface area contributed by atoms with Gasteiger partial charge in [-0.25, -0.2) is 0 Å². The van der Waals surface area contributed by atoms with Crippen molar-refractivity contribution >= 4 is 0 Å². The quantitative estimate of drug-likeness (QED) is 0.349. The van der Waals surface area contributed by atoms with Gasteiger partial charge in [0.25, 0.3) is 0 Å². The third-order valence-corrected chi connectivity index (χ3v) is 2.19. The topological polar surface area (TPSA) is 103 Å². The Balaban J connectivity index is 2.94. The maximum atomic E-state index is 8.23. The molecule has 8 nitrogen and oxygen atoms in total. The highest BCUT2D eigenvalue weighted by Crippen LogP contribution is 1.84. The van der Waals surface area contributed by atoms with Gasteiger partial charge in [0.05, 0.1) is 78.2 Å². The lowest BCUT2D eigenvalue weighted by Gasteiger charge is -2.07. The van der Waals surface area contributed by atoms with Crippen LogP contribution in [-0.2, 0) is 28.4 Å². The van der Waals surface area contributed by atoms with E-state index < -0.39 is 0 Å². The van der Waals surface area contributed by atoms with Crippen molar-refractivity contribution in [1.82, 2.24) is 0 Å². The number of hydrogen-bond acceptors (Lipinski definition) is 8. The van der Waals surface area contributed by atoms with Gasteiger partial charge in [-0.15, -0.1) is 0 Å². The molecular formula is C14H24N2O6. The van der Waals surface area contributed by atoms with Crippen molar-refractivity contribution in [2.45, 2.75) is 0 Å². The summed E-state index contributed by atoms with van der Waals surface area (Å²) in [5.41, 5.74) is 0. The summed E-state index contributed by atoms with van der Waals surface area (Å²) >= 11 is 0. The van der Waals surface area contributed by atoms with Crippen LogP contribution in [-0.4, -0.2) is 79.3 Å². The number of rotatable bonds is 17. The monoisotopic (exact) mass is 316 g/mol. The van der Waals surface area contributed by atoms with Gasteiger partial charge < -0.3 is 28.4 Å². The lowest BCUT2D eigenvalue weighted by atomic mass is 10.7. The predicted molar refractivity (Wildman–Crippen MR) is 76.1 cm³/mol. The van der Waals surface area contributed by atoms with E-state index in [1.54, 1.807) is 0 Å². The maximum Gasteiger partial charge on any atom is 0.133 e. The van der Waals surface area contributed by atoms with Gasteiger partial charge in [0.15, 0.2) is 0 Å². The molecule has 0 aliphatic carbocycles. The van der Waals surface area contributed by atoms with E-state index in [1.165, 1.54) is 0 Å². The van der Waals surface area contributed by atoms with Crippen LogP contribution in [0.25, 0.3) is 0 Å². The van der Waals surface area contributed by atoms with E-state index in [1.807, 2.05) is 12.1 Å². The Kier molecular flexibility index (Phi) is 18.6. The van der Waals surface area contributed by atoms with Gasteiger partial charge in [-0.05, 0) is 0 Å². The van der Waals surface area contributed by atoms with Gasteiger partial charge in [-0.1, -0.05) is 0 Å². The molecule has 0 atom stereocenters. The van der Waals surface area contributed by atoms with Gasteiger partial charge in [-0.3, -0.25) is 0 Å². The van der Waals surface area contributed by atoms with Crippen LogP contribution < -0.4 is 0 Å². The van der Waals surface area contributed by atoms with Crippen LogP contribution >= 0.6 is 0 Å². The maximum absolute atomic E-state index is 8.23. The minimum absolute atomic E-state index is 0.0911. The number of nitrogens with zero attached hydrogens (tertiary/aromatic N) is 2. The second-order valence-corrected chi connectivity index (χ2v) is 3.87. The second kappa shape index (κ2) is 19.7. The molecule has 0 aliphatic rings. The van der Waals surface area contributed by atoms with Crippen molar-refractivity contribution in [2.75, 3.05) is 79.3 Å². The van der Waals surface area contributed by atoms with Crippen LogP contribution in [0.4, 0.5) is 0 Å². The molecule has 0 N–H and O–H groups in total. The molecule has 0 aromatic carbocycles. The third-order valence-electron chi connectivity index (χ3n) is 2.19. The number of ether oxygens (including phenoxy) is 6. The Morgan fingerprint density at radius 2 is 0.636 bits per heavy atom. The Labute approximate surface area is 131 Å². The largest absolute Gasteiger partial charge is 0.377 e. The summed E-state index contributed by atoms with van der Waals surface area (Å²) in [5.74, 6) is 0. The summed E-state index contributed by atoms with van der Waals surface area (Å²) in [6.45, 7) is 4.89. The minimum Gasteiger partial charge on any atom is -0.377 e. The van der Waals surface area contributed by atoms with Gasteiger partial charge in [0.2, 0.25) is 0 Å². The first-order chi connectivity index (χ1) is 10.9. The van der Waals surface area contributed by atoms with Crippen LogP contribution in [0.15, 0.2) is 0 Å². The highest BCUT2D eigenvalue weighted by Gasteiger charge is 1.93. The molecule has 8 heteroatoms. The molecule has 0 aliphatic heterocycles. The molecule has 0 amide bonds. The zero-order valence-corrected chi connectivity index (χ0v) is 12.8. The van der Waals surface area contributed by atoms with E-state index in [-0.39, 0.29) is 13.2 Å². The van der Waals surface area contributed by atoms with Crippen LogP contribution in [0, 0.1) is 22.7 Å². The molecule has 0 unspecified atom stereocenters. The standard InChI is InChI=1S/C14H24N2O6/c15-1-3-17-5-7-19-9-11-21-13-14-22-12-10-20-8-6-18-4-2-16/h3-14H2. The van der Waals surface area contributed by atoms with Crippen molar-refractivity contribution in [3.8, 4) is 12.1 Å². The molecule has 0 spiro atoms. The summed E-state index contributed by atoms with van der Waals surface area (Å²) in [6.07, 6.45) is 0. The highest BCUT2D eigenvalue weighted by molar-refractivity contribution is 4.66. The van der Waals surface area contributed by atoms with Crippen molar-refractivity contribution in [2.24, 2.45) is 0 Å². The summed E-state index contributed by atoms with van der Waals surface area (Å²) in [7, 11) is 0. The lowest BCUT2D eigenvalue weighted by Crippen LogP contribution is -2.14. The van der Waals surface area contributed by atoms with E-state index in [2.05, 4.69) is 0 Å².